The van der Waals surface area contributed by atoms with Gasteiger partial charge in [-0.3, -0.25) is 4.68 Å². The van der Waals surface area contributed by atoms with Crippen LogP contribution >= 0.6 is 23.2 Å². The molecule has 0 aromatic carbocycles. The molecule has 0 saturated carbocycles. The van der Waals surface area contributed by atoms with Gasteiger partial charge in [-0.05, 0) is 6.42 Å². The maximum atomic E-state index is 12.2. The molecular formula is C8H11Cl2N3O2S. The molecule has 2 rings (SSSR count). The van der Waals surface area contributed by atoms with E-state index >= 15 is 0 Å². The predicted octanol–water partition coefficient (Wildman–Crippen LogP) is 1.08. The zero-order chi connectivity index (χ0) is 11.9. The average molecular weight is 284 g/mol. The number of halogens is 2. The molecule has 0 spiro atoms. The first kappa shape index (κ1) is 12.2. The van der Waals surface area contributed by atoms with Crippen LogP contribution in [0.15, 0.2) is 11.2 Å². The SMILES string of the molecule is Cn1ncc(Cl)c1S(=O)(=O)N1CCC(Cl)C1. The van der Waals surface area contributed by atoms with E-state index in [1.165, 1.54) is 15.2 Å². The monoisotopic (exact) mass is 283 g/mol. The second-order valence-corrected chi connectivity index (χ2v) is 6.55. The number of hydrogen-bond acceptors (Lipinski definition) is 3. The first-order chi connectivity index (χ1) is 7.43. The Bertz CT molecular complexity index is 480. The Labute approximate surface area is 104 Å². The van der Waals surface area contributed by atoms with Crippen molar-refractivity contribution in [2.24, 2.45) is 7.05 Å². The van der Waals surface area contributed by atoms with E-state index in [9.17, 15) is 8.42 Å². The second-order valence-electron chi connectivity index (χ2n) is 3.67. The molecule has 1 fully saturated rings. The fourth-order valence-corrected chi connectivity index (χ4v) is 4.17. The lowest BCUT2D eigenvalue weighted by molar-refractivity contribution is 0.467. The van der Waals surface area contributed by atoms with Gasteiger partial charge in [0.05, 0.1) is 11.2 Å². The summed E-state index contributed by atoms with van der Waals surface area (Å²) in [5, 5.41) is 3.86. The van der Waals surface area contributed by atoms with Crippen LogP contribution in [0.5, 0.6) is 0 Å². The number of aryl methyl sites for hydroxylation is 1. The zero-order valence-corrected chi connectivity index (χ0v) is 10.9. The highest BCUT2D eigenvalue weighted by molar-refractivity contribution is 7.89. The minimum atomic E-state index is -3.57. The summed E-state index contributed by atoms with van der Waals surface area (Å²) in [6, 6.07) is 0. The zero-order valence-electron chi connectivity index (χ0n) is 8.60. The summed E-state index contributed by atoms with van der Waals surface area (Å²) in [7, 11) is -2.02. The maximum Gasteiger partial charge on any atom is 0.261 e. The maximum absolute atomic E-state index is 12.2. The third-order valence-corrected chi connectivity index (χ3v) is 5.25. The van der Waals surface area contributed by atoms with E-state index in [1.54, 1.807) is 7.05 Å². The van der Waals surface area contributed by atoms with Crippen LogP contribution in [0.4, 0.5) is 0 Å². The Morgan fingerprint density at radius 1 is 1.56 bits per heavy atom. The molecule has 0 N–H and O–H groups in total. The molecular weight excluding hydrogens is 273 g/mol. The molecule has 16 heavy (non-hydrogen) atoms. The Morgan fingerprint density at radius 2 is 2.25 bits per heavy atom. The van der Waals surface area contributed by atoms with Crippen LogP contribution in [0.25, 0.3) is 0 Å². The van der Waals surface area contributed by atoms with Gasteiger partial charge in [-0.25, -0.2) is 8.42 Å². The molecule has 1 atom stereocenters. The number of alkyl halides is 1. The molecule has 1 unspecified atom stereocenters. The van der Waals surface area contributed by atoms with Crippen molar-refractivity contribution >= 4 is 33.2 Å². The van der Waals surface area contributed by atoms with Crippen LogP contribution in [0, 0.1) is 0 Å². The van der Waals surface area contributed by atoms with Gasteiger partial charge in [0.1, 0.15) is 0 Å². The van der Waals surface area contributed by atoms with Gasteiger partial charge in [0.15, 0.2) is 5.03 Å². The molecule has 0 amide bonds. The van der Waals surface area contributed by atoms with Crippen molar-refractivity contribution in [2.75, 3.05) is 13.1 Å². The third kappa shape index (κ3) is 1.95. The van der Waals surface area contributed by atoms with Gasteiger partial charge in [-0.2, -0.15) is 9.40 Å². The van der Waals surface area contributed by atoms with Gasteiger partial charge in [-0.15, -0.1) is 11.6 Å². The van der Waals surface area contributed by atoms with E-state index < -0.39 is 10.0 Å². The average Bonchev–Trinajstić information content (AvgIpc) is 2.74. The highest BCUT2D eigenvalue weighted by atomic mass is 35.5. The van der Waals surface area contributed by atoms with E-state index in [-0.39, 0.29) is 15.4 Å². The topological polar surface area (TPSA) is 55.2 Å². The largest absolute Gasteiger partial charge is 0.261 e. The van der Waals surface area contributed by atoms with Gasteiger partial charge in [0.25, 0.3) is 10.0 Å². The third-order valence-electron chi connectivity index (χ3n) is 2.52. The van der Waals surface area contributed by atoms with Crippen molar-refractivity contribution in [3.05, 3.63) is 11.2 Å². The van der Waals surface area contributed by atoms with Crippen LogP contribution in [0.2, 0.25) is 5.02 Å². The molecule has 2 heterocycles. The lowest BCUT2D eigenvalue weighted by Gasteiger charge is -2.15. The van der Waals surface area contributed by atoms with E-state index in [1.807, 2.05) is 0 Å². The van der Waals surface area contributed by atoms with Crippen molar-refractivity contribution in [1.29, 1.82) is 0 Å². The van der Waals surface area contributed by atoms with Gasteiger partial charge < -0.3 is 0 Å². The minimum Gasteiger partial charge on any atom is -0.255 e. The molecule has 1 aromatic rings. The van der Waals surface area contributed by atoms with Gasteiger partial charge >= 0.3 is 0 Å². The molecule has 0 aliphatic carbocycles. The molecule has 90 valence electrons. The fourth-order valence-electron chi connectivity index (χ4n) is 1.72. The number of hydrogen-bond donors (Lipinski definition) is 0. The van der Waals surface area contributed by atoms with Crippen molar-refractivity contribution in [3.63, 3.8) is 0 Å². The highest BCUT2D eigenvalue weighted by Crippen LogP contribution is 2.27. The Balaban J connectivity index is 2.40. The quantitative estimate of drug-likeness (QED) is 0.763. The van der Waals surface area contributed by atoms with E-state index in [0.717, 1.165) is 0 Å². The van der Waals surface area contributed by atoms with E-state index in [4.69, 9.17) is 23.2 Å². The number of nitrogens with zero attached hydrogens (tertiary/aromatic N) is 3. The number of aromatic nitrogens is 2. The molecule has 1 aliphatic rings. The first-order valence-electron chi connectivity index (χ1n) is 4.74. The standard InChI is InChI=1S/C8H11Cl2N3O2S/c1-12-8(7(10)4-11-12)16(14,15)13-3-2-6(9)5-13/h4,6H,2-3,5H2,1H3. The molecule has 0 bridgehead atoms. The van der Waals surface area contributed by atoms with E-state index in [2.05, 4.69) is 5.10 Å². The number of rotatable bonds is 2. The highest BCUT2D eigenvalue weighted by Gasteiger charge is 2.35. The lowest BCUT2D eigenvalue weighted by atomic mass is 10.4. The van der Waals surface area contributed by atoms with Crippen molar-refractivity contribution in [1.82, 2.24) is 14.1 Å². The predicted molar refractivity (Wildman–Crippen MR) is 61.2 cm³/mol. The molecule has 1 aromatic heterocycles. The van der Waals surface area contributed by atoms with Gasteiger partial charge in [0, 0.05) is 25.5 Å². The summed E-state index contributed by atoms with van der Waals surface area (Å²) in [6.45, 7) is 0.753. The summed E-state index contributed by atoms with van der Waals surface area (Å²) >= 11 is 11.7. The van der Waals surface area contributed by atoms with Crippen LogP contribution in [-0.4, -0.2) is 41.0 Å². The molecule has 1 saturated heterocycles. The van der Waals surface area contributed by atoms with Crippen LogP contribution in [0.3, 0.4) is 0 Å². The summed E-state index contributed by atoms with van der Waals surface area (Å²) in [6.07, 6.45) is 1.99. The summed E-state index contributed by atoms with van der Waals surface area (Å²) < 4.78 is 27.0. The Hall–Kier alpha value is -0.300. The Morgan fingerprint density at radius 3 is 2.69 bits per heavy atom. The number of sulfonamides is 1. The van der Waals surface area contributed by atoms with Crippen LogP contribution in [0.1, 0.15) is 6.42 Å². The molecule has 5 nitrogen and oxygen atoms in total. The normalized spacial score (nSPS) is 22.8. The molecule has 8 heteroatoms. The smallest absolute Gasteiger partial charge is 0.255 e. The second kappa shape index (κ2) is 4.18. The van der Waals surface area contributed by atoms with Crippen LogP contribution in [-0.2, 0) is 17.1 Å². The summed E-state index contributed by atoms with van der Waals surface area (Å²) in [4.78, 5) is 0. The molecule has 1 aliphatic heterocycles. The summed E-state index contributed by atoms with van der Waals surface area (Å²) in [5.41, 5.74) is 0. The van der Waals surface area contributed by atoms with Crippen molar-refractivity contribution < 1.29 is 8.42 Å². The first-order valence-corrected chi connectivity index (χ1v) is 7.00. The minimum absolute atomic E-state index is 0.0277. The molecule has 0 radical (unpaired) electrons. The lowest BCUT2D eigenvalue weighted by Crippen LogP contribution is -2.30. The van der Waals surface area contributed by atoms with Crippen LogP contribution < -0.4 is 0 Å². The Kier molecular flexibility index (Phi) is 3.18. The van der Waals surface area contributed by atoms with Crippen molar-refractivity contribution in [2.45, 2.75) is 16.8 Å². The van der Waals surface area contributed by atoms with Gasteiger partial charge in [0.2, 0.25) is 0 Å². The van der Waals surface area contributed by atoms with Gasteiger partial charge in [-0.1, -0.05) is 11.6 Å². The summed E-state index contributed by atoms with van der Waals surface area (Å²) in [5.74, 6) is 0. The van der Waals surface area contributed by atoms with Crippen molar-refractivity contribution in [3.8, 4) is 0 Å². The van der Waals surface area contributed by atoms with E-state index in [0.29, 0.717) is 19.5 Å². The fraction of sp³-hybridized carbons (Fsp3) is 0.625.